The van der Waals surface area contributed by atoms with Crippen molar-refractivity contribution < 1.29 is 10.2 Å². The van der Waals surface area contributed by atoms with Gasteiger partial charge in [0.05, 0.1) is 0 Å². The summed E-state index contributed by atoms with van der Waals surface area (Å²) in [6, 6.07) is 6.63. The Kier molecular flexibility index (Phi) is 3.48. The zero-order chi connectivity index (χ0) is 14.2. The Morgan fingerprint density at radius 1 is 0.789 bits per heavy atom. The molecule has 0 aromatic heterocycles. The van der Waals surface area contributed by atoms with Crippen molar-refractivity contribution in [3.8, 4) is 11.5 Å². The molecule has 0 aliphatic heterocycles. The van der Waals surface area contributed by atoms with E-state index in [4.69, 9.17) is 11.5 Å². The van der Waals surface area contributed by atoms with Crippen molar-refractivity contribution in [2.45, 2.75) is 23.6 Å². The lowest BCUT2D eigenvalue weighted by Crippen LogP contribution is -1.93. The Morgan fingerprint density at radius 3 is 1.53 bits per heavy atom. The van der Waals surface area contributed by atoms with Gasteiger partial charge in [-0.15, -0.1) is 0 Å². The third-order valence-electron chi connectivity index (χ3n) is 2.88. The van der Waals surface area contributed by atoms with Gasteiger partial charge in [-0.05, 0) is 49.2 Å². The van der Waals surface area contributed by atoms with Gasteiger partial charge in [0.25, 0.3) is 0 Å². The highest BCUT2D eigenvalue weighted by Crippen LogP contribution is 2.40. The van der Waals surface area contributed by atoms with Crippen molar-refractivity contribution in [3.05, 3.63) is 35.4 Å². The maximum Gasteiger partial charge on any atom is 0.119 e. The van der Waals surface area contributed by atoms with Gasteiger partial charge < -0.3 is 21.7 Å². The molecule has 0 aliphatic rings. The third kappa shape index (κ3) is 2.71. The molecule has 19 heavy (non-hydrogen) atoms. The number of anilines is 2. The van der Waals surface area contributed by atoms with Gasteiger partial charge in [-0.2, -0.15) is 0 Å². The molecule has 0 unspecified atom stereocenters. The molecule has 0 radical (unpaired) electrons. The molecule has 0 bridgehead atoms. The standard InChI is InChI=1S/C14H16N2O2S/c1-7-3-9(15)13(5-11(7)17)19-14-6-12(18)8(2)4-10(14)16/h3-6,17-18H,15-16H2,1-2H3. The van der Waals surface area contributed by atoms with E-state index >= 15 is 0 Å². The van der Waals surface area contributed by atoms with Crippen LogP contribution in [0.5, 0.6) is 11.5 Å². The van der Waals surface area contributed by atoms with Crippen LogP contribution in [0.2, 0.25) is 0 Å². The first kappa shape index (κ1) is 13.4. The molecule has 2 aromatic carbocycles. The molecule has 100 valence electrons. The molecule has 5 heteroatoms. The van der Waals surface area contributed by atoms with Gasteiger partial charge in [-0.25, -0.2) is 0 Å². The fraction of sp³-hybridized carbons (Fsp3) is 0.143. The van der Waals surface area contributed by atoms with Crippen molar-refractivity contribution in [2.75, 3.05) is 11.5 Å². The number of nitrogens with two attached hydrogens (primary N) is 2. The summed E-state index contributed by atoms with van der Waals surface area (Å²) >= 11 is 1.32. The van der Waals surface area contributed by atoms with Crippen LogP contribution in [0.3, 0.4) is 0 Å². The largest absolute Gasteiger partial charge is 0.508 e. The molecule has 2 aromatic rings. The van der Waals surface area contributed by atoms with E-state index in [1.807, 2.05) is 0 Å². The topological polar surface area (TPSA) is 92.5 Å². The highest BCUT2D eigenvalue weighted by Gasteiger charge is 2.10. The van der Waals surface area contributed by atoms with Gasteiger partial charge in [-0.1, -0.05) is 11.8 Å². The lowest BCUT2D eigenvalue weighted by molar-refractivity contribution is 0.469. The molecule has 6 N–H and O–H groups in total. The number of rotatable bonds is 2. The minimum absolute atomic E-state index is 0.187. The van der Waals surface area contributed by atoms with Gasteiger partial charge >= 0.3 is 0 Å². The second kappa shape index (κ2) is 4.93. The molecule has 2 rings (SSSR count). The van der Waals surface area contributed by atoms with E-state index in [9.17, 15) is 10.2 Å². The Balaban J connectivity index is 2.42. The molecule has 0 amide bonds. The summed E-state index contributed by atoms with van der Waals surface area (Å²) in [5.41, 5.74) is 14.4. The minimum Gasteiger partial charge on any atom is -0.508 e. The van der Waals surface area contributed by atoms with E-state index in [0.717, 1.165) is 11.1 Å². The van der Waals surface area contributed by atoms with E-state index in [1.165, 1.54) is 11.8 Å². The van der Waals surface area contributed by atoms with E-state index in [-0.39, 0.29) is 11.5 Å². The molecule has 0 aliphatic carbocycles. The summed E-state index contributed by atoms with van der Waals surface area (Å²) < 4.78 is 0. The number of aryl methyl sites for hydroxylation is 2. The molecule has 4 nitrogen and oxygen atoms in total. The number of nitrogen functional groups attached to an aromatic ring is 2. The first-order valence-corrected chi connectivity index (χ1v) is 6.56. The van der Waals surface area contributed by atoms with Gasteiger partial charge in [0, 0.05) is 21.2 Å². The van der Waals surface area contributed by atoms with Crippen LogP contribution < -0.4 is 11.5 Å². The minimum atomic E-state index is 0.187. The van der Waals surface area contributed by atoms with Crippen LogP contribution in [0.25, 0.3) is 0 Å². The third-order valence-corrected chi connectivity index (χ3v) is 4.02. The zero-order valence-electron chi connectivity index (χ0n) is 10.8. The van der Waals surface area contributed by atoms with Crippen LogP contribution in [0.1, 0.15) is 11.1 Å². The fourth-order valence-electron chi connectivity index (χ4n) is 1.69. The maximum absolute atomic E-state index is 9.72. The summed E-state index contributed by atoms with van der Waals surface area (Å²) in [7, 11) is 0. The van der Waals surface area contributed by atoms with Crippen molar-refractivity contribution >= 4 is 23.1 Å². The summed E-state index contributed by atoms with van der Waals surface area (Å²) in [5.74, 6) is 0.373. The van der Waals surface area contributed by atoms with Crippen LogP contribution in [0.4, 0.5) is 11.4 Å². The highest BCUT2D eigenvalue weighted by atomic mass is 32.2. The van der Waals surface area contributed by atoms with E-state index < -0.39 is 0 Å². The van der Waals surface area contributed by atoms with Crippen LogP contribution in [0, 0.1) is 13.8 Å². The van der Waals surface area contributed by atoms with Gasteiger partial charge in [0.15, 0.2) is 0 Å². The van der Waals surface area contributed by atoms with Crippen molar-refractivity contribution in [3.63, 3.8) is 0 Å². The Hall–Kier alpha value is -2.01. The van der Waals surface area contributed by atoms with Gasteiger partial charge in [0.2, 0.25) is 0 Å². The molecular weight excluding hydrogens is 260 g/mol. The first-order chi connectivity index (χ1) is 8.88. The fourth-order valence-corrected chi connectivity index (χ4v) is 2.63. The normalized spacial score (nSPS) is 10.6. The van der Waals surface area contributed by atoms with E-state index in [1.54, 1.807) is 38.1 Å². The quantitative estimate of drug-likeness (QED) is 0.500. The van der Waals surface area contributed by atoms with E-state index in [0.29, 0.717) is 21.2 Å². The summed E-state index contributed by atoms with van der Waals surface area (Å²) in [6.07, 6.45) is 0. The maximum atomic E-state index is 9.72. The molecule has 0 fully saturated rings. The van der Waals surface area contributed by atoms with E-state index in [2.05, 4.69) is 0 Å². The van der Waals surface area contributed by atoms with Crippen LogP contribution in [0.15, 0.2) is 34.1 Å². The van der Waals surface area contributed by atoms with Crippen molar-refractivity contribution in [2.24, 2.45) is 0 Å². The first-order valence-electron chi connectivity index (χ1n) is 5.74. The molecule has 0 saturated heterocycles. The number of benzene rings is 2. The molecule has 0 saturated carbocycles. The average Bonchev–Trinajstić information content (AvgIpc) is 2.32. The zero-order valence-corrected chi connectivity index (χ0v) is 11.6. The highest BCUT2D eigenvalue weighted by molar-refractivity contribution is 7.99. The lowest BCUT2D eigenvalue weighted by Gasteiger charge is -2.11. The van der Waals surface area contributed by atoms with Crippen LogP contribution >= 0.6 is 11.8 Å². The monoisotopic (exact) mass is 276 g/mol. The number of hydrogen-bond donors (Lipinski definition) is 4. The number of hydrogen-bond acceptors (Lipinski definition) is 5. The summed E-state index contributed by atoms with van der Waals surface area (Å²) in [6.45, 7) is 3.57. The smallest absolute Gasteiger partial charge is 0.119 e. The van der Waals surface area contributed by atoms with Crippen molar-refractivity contribution in [1.29, 1.82) is 0 Å². The SMILES string of the molecule is Cc1cc(N)c(Sc2cc(O)c(C)cc2N)cc1O. The van der Waals surface area contributed by atoms with Gasteiger partial charge in [-0.3, -0.25) is 0 Å². The van der Waals surface area contributed by atoms with Crippen LogP contribution in [-0.2, 0) is 0 Å². The molecular formula is C14H16N2O2S. The second-order valence-electron chi connectivity index (χ2n) is 4.46. The summed E-state index contributed by atoms with van der Waals surface area (Å²) in [5, 5.41) is 19.4. The number of phenols is 2. The lowest BCUT2D eigenvalue weighted by atomic mass is 10.2. The number of phenolic OH excluding ortho intramolecular Hbond substituents is 2. The predicted molar refractivity (Wildman–Crippen MR) is 78.6 cm³/mol. The molecule has 0 spiro atoms. The Labute approximate surface area is 116 Å². The summed E-state index contributed by atoms with van der Waals surface area (Å²) in [4.78, 5) is 1.41. The molecule has 0 atom stereocenters. The second-order valence-corrected chi connectivity index (χ2v) is 5.54. The van der Waals surface area contributed by atoms with Crippen molar-refractivity contribution in [1.82, 2.24) is 0 Å². The predicted octanol–water partition coefficient (Wildman–Crippen LogP) is 3.03. The van der Waals surface area contributed by atoms with Crippen LogP contribution in [-0.4, -0.2) is 10.2 Å². The average molecular weight is 276 g/mol. The van der Waals surface area contributed by atoms with Gasteiger partial charge in [0.1, 0.15) is 11.5 Å². The Bertz CT molecular complexity index is 586. The molecule has 0 heterocycles. The number of aromatic hydroxyl groups is 2. The Morgan fingerprint density at radius 2 is 1.16 bits per heavy atom.